The van der Waals surface area contributed by atoms with Crippen LogP contribution in [0.2, 0.25) is 0 Å². The Morgan fingerprint density at radius 1 is 0.905 bits per heavy atom. The highest BCUT2D eigenvalue weighted by atomic mass is 16.5. The molecule has 0 saturated carbocycles. The van der Waals surface area contributed by atoms with Crippen LogP contribution in [-0.4, -0.2) is 49.9 Å². The third kappa shape index (κ3) is 2.86. The van der Waals surface area contributed by atoms with E-state index >= 15 is 0 Å². The maximum Gasteiger partial charge on any atom is 0.356 e. The van der Waals surface area contributed by atoms with E-state index < -0.39 is 52.5 Å². The second kappa shape index (κ2) is 5.65. The van der Waals surface area contributed by atoms with Gasteiger partial charge in [-0.15, -0.1) is 0 Å². The summed E-state index contributed by atoms with van der Waals surface area (Å²) in [7, 11) is 1.08. The molecule has 1 aromatic heterocycles. The van der Waals surface area contributed by atoms with Gasteiger partial charge in [-0.2, -0.15) is 0 Å². The van der Waals surface area contributed by atoms with Crippen molar-refractivity contribution in [2.75, 3.05) is 0 Å². The van der Waals surface area contributed by atoms with Crippen molar-refractivity contribution in [3.05, 3.63) is 22.5 Å². The SMILES string of the molecule is CC(C)OC(=O)c1c(C(=O)O)c(C(=O)O)c(C(=O)O)n1C. The van der Waals surface area contributed by atoms with Crippen LogP contribution in [0.25, 0.3) is 0 Å². The van der Waals surface area contributed by atoms with Crippen LogP contribution < -0.4 is 0 Å². The minimum Gasteiger partial charge on any atom is -0.478 e. The first kappa shape index (κ1) is 16.2. The highest BCUT2D eigenvalue weighted by Gasteiger charge is 2.36. The molecule has 1 heterocycles. The van der Waals surface area contributed by atoms with E-state index in [1.807, 2.05) is 0 Å². The molecule has 1 aromatic rings. The van der Waals surface area contributed by atoms with Crippen molar-refractivity contribution >= 4 is 23.9 Å². The van der Waals surface area contributed by atoms with Gasteiger partial charge in [0.2, 0.25) is 0 Å². The highest BCUT2D eigenvalue weighted by Crippen LogP contribution is 2.24. The highest BCUT2D eigenvalue weighted by molar-refractivity contribution is 6.14. The number of carbonyl (C=O) groups excluding carboxylic acids is 1. The van der Waals surface area contributed by atoms with Crippen molar-refractivity contribution in [3.63, 3.8) is 0 Å². The molecule has 21 heavy (non-hydrogen) atoms. The molecule has 114 valence electrons. The van der Waals surface area contributed by atoms with Crippen LogP contribution in [0.3, 0.4) is 0 Å². The minimum absolute atomic E-state index is 0.587. The summed E-state index contributed by atoms with van der Waals surface area (Å²) in [6, 6.07) is 0. The molecule has 0 spiro atoms. The van der Waals surface area contributed by atoms with Crippen molar-refractivity contribution in [1.82, 2.24) is 4.57 Å². The number of ether oxygens (including phenoxy) is 1. The lowest BCUT2D eigenvalue weighted by molar-refractivity contribution is 0.0359. The van der Waals surface area contributed by atoms with Crippen LogP contribution in [-0.2, 0) is 11.8 Å². The number of aromatic nitrogens is 1. The topological polar surface area (TPSA) is 143 Å². The average molecular weight is 299 g/mol. The monoisotopic (exact) mass is 299 g/mol. The van der Waals surface area contributed by atoms with Gasteiger partial charge in [-0.3, -0.25) is 0 Å². The van der Waals surface area contributed by atoms with E-state index in [1.165, 1.54) is 13.8 Å². The van der Waals surface area contributed by atoms with Crippen molar-refractivity contribution in [1.29, 1.82) is 0 Å². The second-order valence-corrected chi connectivity index (χ2v) is 4.38. The van der Waals surface area contributed by atoms with E-state index in [1.54, 1.807) is 0 Å². The third-order valence-electron chi connectivity index (χ3n) is 2.56. The van der Waals surface area contributed by atoms with Crippen molar-refractivity contribution in [2.45, 2.75) is 20.0 Å². The van der Waals surface area contributed by atoms with Gasteiger partial charge in [0.1, 0.15) is 22.5 Å². The Labute approximate surface area is 118 Å². The molecule has 0 fully saturated rings. The smallest absolute Gasteiger partial charge is 0.356 e. The molecule has 0 radical (unpaired) electrons. The van der Waals surface area contributed by atoms with Gasteiger partial charge >= 0.3 is 23.9 Å². The van der Waals surface area contributed by atoms with Crippen LogP contribution in [0, 0.1) is 0 Å². The molecule has 0 aliphatic carbocycles. The van der Waals surface area contributed by atoms with Gasteiger partial charge in [0.15, 0.2) is 0 Å². The van der Waals surface area contributed by atoms with E-state index in [0.717, 1.165) is 7.05 Å². The Balaban J connectivity index is 3.75. The zero-order valence-corrected chi connectivity index (χ0v) is 11.4. The summed E-state index contributed by atoms with van der Waals surface area (Å²) in [5, 5.41) is 27.2. The standard InChI is InChI=1S/C12H13NO8/c1-4(2)21-12(20)8-6(10(16)17)5(9(14)15)7(11(18)19)13(8)3/h4H,1-3H3,(H,14,15)(H,16,17)(H,18,19). The summed E-state index contributed by atoms with van der Waals surface area (Å²) in [5.41, 5.74) is -3.32. The van der Waals surface area contributed by atoms with Crippen LogP contribution in [0.15, 0.2) is 0 Å². The Morgan fingerprint density at radius 3 is 1.67 bits per heavy atom. The molecular formula is C12H13NO8. The quantitative estimate of drug-likeness (QED) is 0.673. The van der Waals surface area contributed by atoms with Gasteiger partial charge in [-0.1, -0.05) is 0 Å². The number of aromatic carboxylic acids is 3. The summed E-state index contributed by atoms with van der Waals surface area (Å²) in [6.45, 7) is 3.02. The lowest BCUT2D eigenvalue weighted by Crippen LogP contribution is -2.19. The molecule has 0 aliphatic rings. The van der Waals surface area contributed by atoms with E-state index in [0.29, 0.717) is 4.57 Å². The Bertz CT molecular complexity index is 640. The maximum atomic E-state index is 11.9. The first-order chi connectivity index (χ1) is 9.59. The number of carboxylic acids is 3. The van der Waals surface area contributed by atoms with Gasteiger partial charge in [-0.05, 0) is 13.8 Å². The van der Waals surface area contributed by atoms with Crippen molar-refractivity contribution in [2.24, 2.45) is 7.05 Å². The van der Waals surface area contributed by atoms with Gasteiger partial charge in [0, 0.05) is 7.05 Å². The first-order valence-electron chi connectivity index (χ1n) is 5.73. The van der Waals surface area contributed by atoms with E-state index in [4.69, 9.17) is 20.1 Å². The van der Waals surface area contributed by atoms with Gasteiger partial charge in [-0.25, -0.2) is 19.2 Å². The molecule has 0 amide bonds. The summed E-state index contributed by atoms with van der Waals surface area (Å²) >= 11 is 0. The van der Waals surface area contributed by atoms with Crippen LogP contribution >= 0.6 is 0 Å². The molecular weight excluding hydrogens is 286 g/mol. The van der Waals surface area contributed by atoms with Crippen molar-refractivity contribution in [3.8, 4) is 0 Å². The molecule has 0 bridgehead atoms. The molecule has 0 saturated heterocycles. The summed E-state index contributed by atoms with van der Waals surface area (Å²) in [5.74, 6) is -6.27. The Hall–Kier alpha value is -2.84. The normalized spacial score (nSPS) is 10.5. The molecule has 0 aromatic carbocycles. The zero-order valence-electron chi connectivity index (χ0n) is 11.4. The van der Waals surface area contributed by atoms with E-state index in [9.17, 15) is 19.2 Å². The third-order valence-corrected chi connectivity index (χ3v) is 2.56. The summed E-state index contributed by atoms with van der Waals surface area (Å²) in [6.07, 6.45) is -0.587. The average Bonchev–Trinajstić information content (AvgIpc) is 2.61. The predicted octanol–water partition coefficient (Wildman–Crippen LogP) is 0.685. The molecule has 0 atom stereocenters. The summed E-state index contributed by atoms with van der Waals surface area (Å²) < 4.78 is 5.52. The molecule has 0 aliphatic heterocycles. The molecule has 1 rings (SSSR count). The number of carbonyl (C=O) groups is 4. The molecule has 9 heteroatoms. The maximum absolute atomic E-state index is 11.9. The molecule has 3 N–H and O–H groups in total. The first-order valence-corrected chi connectivity index (χ1v) is 5.73. The fraction of sp³-hybridized carbons (Fsp3) is 0.333. The fourth-order valence-corrected chi connectivity index (χ4v) is 1.86. The molecule has 0 unspecified atom stereocenters. The number of rotatable bonds is 5. The van der Waals surface area contributed by atoms with Crippen molar-refractivity contribution < 1.29 is 39.2 Å². The Kier molecular flexibility index (Phi) is 4.36. The summed E-state index contributed by atoms with van der Waals surface area (Å²) in [4.78, 5) is 45.5. The number of carboxylic acid groups (broad SMARTS) is 3. The van der Waals surface area contributed by atoms with E-state index in [2.05, 4.69) is 0 Å². The van der Waals surface area contributed by atoms with Gasteiger partial charge in [0.25, 0.3) is 0 Å². The number of esters is 1. The molecule has 9 nitrogen and oxygen atoms in total. The fourth-order valence-electron chi connectivity index (χ4n) is 1.86. The van der Waals surface area contributed by atoms with Gasteiger partial charge < -0.3 is 24.6 Å². The van der Waals surface area contributed by atoms with Crippen LogP contribution in [0.1, 0.15) is 55.5 Å². The second-order valence-electron chi connectivity index (χ2n) is 4.38. The Morgan fingerprint density at radius 2 is 1.33 bits per heavy atom. The van der Waals surface area contributed by atoms with Gasteiger partial charge in [0.05, 0.1) is 6.10 Å². The number of nitrogens with zero attached hydrogens (tertiary/aromatic N) is 1. The zero-order chi connectivity index (χ0) is 16.5. The predicted molar refractivity (Wildman–Crippen MR) is 66.8 cm³/mol. The lowest BCUT2D eigenvalue weighted by Gasteiger charge is -2.09. The van der Waals surface area contributed by atoms with E-state index in [-0.39, 0.29) is 0 Å². The lowest BCUT2D eigenvalue weighted by atomic mass is 10.1. The van der Waals surface area contributed by atoms with Crippen LogP contribution in [0.4, 0.5) is 0 Å². The largest absolute Gasteiger partial charge is 0.478 e. The van der Waals surface area contributed by atoms with Crippen LogP contribution in [0.5, 0.6) is 0 Å². The number of hydrogen-bond acceptors (Lipinski definition) is 5. The minimum atomic E-state index is -1.76. The number of hydrogen-bond donors (Lipinski definition) is 3.